The van der Waals surface area contributed by atoms with Crippen LogP contribution in [-0.2, 0) is 0 Å². The van der Waals surface area contributed by atoms with E-state index in [1.807, 2.05) is 25.1 Å². The van der Waals surface area contributed by atoms with E-state index in [1.165, 1.54) is 23.5 Å². The number of hydrogen-bond acceptors (Lipinski definition) is 5. The molecule has 1 aromatic heterocycles. The minimum atomic E-state index is -0.428. The summed E-state index contributed by atoms with van der Waals surface area (Å²) in [5, 5.41) is 0.591. The van der Waals surface area contributed by atoms with Crippen LogP contribution in [0.25, 0.3) is 10.2 Å². The summed E-state index contributed by atoms with van der Waals surface area (Å²) in [6, 6.07) is 11.6. The molecule has 0 aliphatic heterocycles. The molecule has 1 amide bonds. The summed E-state index contributed by atoms with van der Waals surface area (Å²) in [5.74, 6) is 0.0190. The van der Waals surface area contributed by atoms with Crippen molar-refractivity contribution in [3.8, 4) is 5.75 Å². The first-order chi connectivity index (χ1) is 14.1. The Bertz CT molecular complexity index is 978. The van der Waals surface area contributed by atoms with E-state index in [0.717, 1.165) is 23.3 Å². The number of benzene rings is 2. The van der Waals surface area contributed by atoms with E-state index in [0.29, 0.717) is 36.1 Å². The zero-order chi connectivity index (χ0) is 20.8. The van der Waals surface area contributed by atoms with Crippen LogP contribution in [-0.4, -0.2) is 48.6 Å². The molecule has 0 saturated carbocycles. The van der Waals surface area contributed by atoms with E-state index in [2.05, 4.69) is 18.7 Å². The summed E-state index contributed by atoms with van der Waals surface area (Å²) in [7, 11) is 0. The number of likely N-dealkylation sites (N-methyl/N-ethyl adjacent to an activating group) is 1. The summed E-state index contributed by atoms with van der Waals surface area (Å²) in [4.78, 5) is 21.9. The number of ether oxygens (including phenoxy) is 1. The maximum Gasteiger partial charge on any atom is 0.260 e. The number of aromatic nitrogens is 1. The van der Waals surface area contributed by atoms with Crippen molar-refractivity contribution in [1.29, 1.82) is 0 Å². The summed E-state index contributed by atoms with van der Waals surface area (Å²) in [6.45, 7) is 9.63. The lowest BCUT2D eigenvalue weighted by molar-refractivity contribution is 0.0983. The number of anilines is 1. The van der Waals surface area contributed by atoms with Gasteiger partial charge in [-0.3, -0.25) is 9.69 Å². The topological polar surface area (TPSA) is 45.7 Å². The summed E-state index contributed by atoms with van der Waals surface area (Å²) in [6.07, 6.45) is 0. The first kappa shape index (κ1) is 24.1. The minimum absolute atomic E-state index is 0. The van der Waals surface area contributed by atoms with Crippen LogP contribution in [0.1, 0.15) is 31.1 Å². The zero-order valence-electron chi connectivity index (χ0n) is 17.4. The number of thiazole rings is 1. The van der Waals surface area contributed by atoms with Crippen LogP contribution in [0.3, 0.4) is 0 Å². The Kier molecular flexibility index (Phi) is 9.02. The third-order valence-electron chi connectivity index (χ3n) is 4.75. The van der Waals surface area contributed by atoms with Gasteiger partial charge < -0.3 is 9.64 Å². The molecular formula is C22H27ClFN3O2S. The first-order valence-corrected chi connectivity index (χ1v) is 10.7. The predicted octanol–water partition coefficient (Wildman–Crippen LogP) is 5.24. The molecule has 1 heterocycles. The maximum absolute atomic E-state index is 13.7. The van der Waals surface area contributed by atoms with Crippen LogP contribution in [0.15, 0.2) is 42.5 Å². The maximum atomic E-state index is 13.7. The Labute approximate surface area is 186 Å². The minimum Gasteiger partial charge on any atom is -0.492 e. The molecule has 0 aliphatic rings. The average molecular weight is 452 g/mol. The normalized spacial score (nSPS) is 10.8. The fraction of sp³-hybridized carbons (Fsp3) is 0.364. The number of rotatable bonds is 9. The van der Waals surface area contributed by atoms with Crippen molar-refractivity contribution in [1.82, 2.24) is 9.88 Å². The Morgan fingerprint density at radius 2 is 1.83 bits per heavy atom. The molecule has 3 aromatic rings. The number of carbonyl (C=O) groups excluding carboxylic acids is 1. The Morgan fingerprint density at radius 1 is 1.10 bits per heavy atom. The van der Waals surface area contributed by atoms with E-state index in [9.17, 15) is 9.18 Å². The van der Waals surface area contributed by atoms with Gasteiger partial charge >= 0.3 is 0 Å². The van der Waals surface area contributed by atoms with Crippen molar-refractivity contribution in [2.45, 2.75) is 20.8 Å². The van der Waals surface area contributed by atoms with E-state index in [1.54, 1.807) is 17.0 Å². The molecule has 30 heavy (non-hydrogen) atoms. The lowest BCUT2D eigenvalue weighted by Crippen LogP contribution is -2.38. The number of para-hydroxylation sites is 1. The molecule has 0 saturated heterocycles. The molecule has 0 atom stereocenters. The number of hydrogen-bond donors (Lipinski definition) is 0. The molecule has 0 spiro atoms. The van der Waals surface area contributed by atoms with Crippen LogP contribution in [0, 0.1) is 5.82 Å². The van der Waals surface area contributed by atoms with Crippen molar-refractivity contribution in [3.05, 3.63) is 53.8 Å². The molecule has 162 valence electrons. The summed E-state index contributed by atoms with van der Waals surface area (Å²) < 4.78 is 20.4. The third-order valence-corrected chi connectivity index (χ3v) is 5.80. The summed E-state index contributed by atoms with van der Waals surface area (Å²) in [5.41, 5.74) is 1.06. The van der Waals surface area contributed by atoms with Gasteiger partial charge in [0.25, 0.3) is 5.91 Å². The second-order valence-corrected chi connectivity index (χ2v) is 7.54. The predicted molar refractivity (Wildman–Crippen MR) is 124 cm³/mol. The van der Waals surface area contributed by atoms with Crippen LogP contribution in [0.2, 0.25) is 0 Å². The lowest BCUT2D eigenvalue weighted by atomic mass is 10.2. The van der Waals surface area contributed by atoms with Gasteiger partial charge in [0.2, 0.25) is 0 Å². The highest BCUT2D eigenvalue weighted by atomic mass is 35.5. The fourth-order valence-corrected chi connectivity index (χ4v) is 4.15. The van der Waals surface area contributed by atoms with Gasteiger partial charge in [0, 0.05) is 18.7 Å². The molecule has 0 unspecified atom stereocenters. The van der Waals surface area contributed by atoms with Crippen LogP contribution in [0.4, 0.5) is 9.52 Å². The fourth-order valence-electron chi connectivity index (χ4n) is 3.14. The van der Waals surface area contributed by atoms with Crippen molar-refractivity contribution >= 4 is 45.0 Å². The van der Waals surface area contributed by atoms with Gasteiger partial charge in [-0.25, -0.2) is 9.37 Å². The van der Waals surface area contributed by atoms with Crippen molar-refractivity contribution in [2.24, 2.45) is 0 Å². The summed E-state index contributed by atoms with van der Waals surface area (Å²) >= 11 is 1.44. The SMILES string of the molecule is CCOc1cccc2sc(N(CCN(CC)CC)C(=O)c3cccc(F)c3)nc12.Cl. The molecule has 3 rings (SSSR count). The highest BCUT2D eigenvalue weighted by Gasteiger charge is 2.23. The molecule has 0 bridgehead atoms. The third kappa shape index (κ3) is 5.47. The van der Waals surface area contributed by atoms with E-state index < -0.39 is 5.82 Å². The van der Waals surface area contributed by atoms with Gasteiger partial charge in [-0.2, -0.15) is 0 Å². The quantitative estimate of drug-likeness (QED) is 0.446. The van der Waals surface area contributed by atoms with Gasteiger partial charge in [0.1, 0.15) is 17.1 Å². The lowest BCUT2D eigenvalue weighted by Gasteiger charge is -2.24. The molecule has 0 N–H and O–H groups in total. The van der Waals surface area contributed by atoms with Crippen LogP contribution < -0.4 is 9.64 Å². The van der Waals surface area contributed by atoms with E-state index >= 15 is 0 Å². The average Bonchev–Trinajstić information content (AvgIpc) is 3.16. The van der Waals surface area contributed by atoms with Gasteiger partial charge in [0.05, 0.1) is 11.3 Å². The molecule has 0 fully saturated rings. The van der Waals surface area contributed by atoms with E-state index in [-0.39, 0.29) is 18.3 Å². The first-order valence-electron chi connectivity index (χ1n) is 9.89. The monoisotopic (exact) mass is 451 g/mol. The van der Waals surface area contributed by atoms with Gasteiger partial charge in [0.15, 0.2) is 5.13 Å². The zero-order valence-corrected chi connectivity index (χ0v) is 19.1. The van der Waals surface area contributed by atoms with Crippen LogP contribution >= 0.6 is 23.7 Å². The van der Waals surface area contributed by atoms with Crippen molar-refractivity contribution < 1.29 is 13.9 Å². The molecule has 8 heteroatoms. The number of halogens is 2. The second kappa shape index (κ2) is 11.2. The highest BCUT2D eigenvalue weighted by molar-refractivity contribution is 7.22. The Balaban J connectivity index is 0.00000320. The standard InChI is InChI=1S/C22H26FN3O2S.ClH/c1-4-25(5-2)13-14-26(21(27)16-9-7-10-17(23)15-16)22-24-20-18(28-6-3)11-8-12-19(20)29-22;/h7-12,15H,4-6,13-14H2,1-3H3;1H. The van der Waals surface area contributed by atoms with Gasteiger partial charge in [-0.1, -0.05) is 37.3 Å². The van der Waals surface area contributed by atoms with Crippen LogP contribution in [0.5, 0.6) is 5.75 Å². The molecular weight excluding hydrogens is 425 g/mol. The molecule has 2 aromatic carbocycles. The van der Waals surface area contributed by atoms with E-state index in [4.69, 9.17) is 9.72 Å². The second-order valence-electron chi connectivity index (χ2n) is 6.53. The van der Waals surface area contributed by atoms with Crippen molar-refractivity contribution in [2.75, 3.05) is 37.7 Å². The Hall–Kier alpha value is -2.22. The molecule has 0 aliphatic carbocycles. The number of nitrogens with zero attached hydrogens (tertiary/aromatic N) is 3. The molecule has 5 nitrogen and oxygen atoms in total. The van der Waals surface area contributed by atoms with Gasteiger partial charge in [-0.05, 0) is 50.3 Å². The smallest absolute Gasteiger partial charge is 0.260 e. The largest absolute Gasteiger partial charge is 0.492 e. The van der Waals surface area contributed by atoms with Gasteiger partial charge in [-0.15, -0.1) is 12.4 Å². The van der Waals surface area contributed by atoms with Crippen molar-refractivity contribution in [3.63, 3.8) is 0 Å². The number of fused-ring (bicyclic) bond motifs is 1. The molecule has 0 radical (unpaired) electrons. The highest BCUT2D eigenvalue weighted by Crippen LogP contribution is 2.34. The Morgan fingerprint density at radius 3 is 2.50 bits per heavy atom. The number of carbonyl (C=O) groups is 1. The number of amides is 1.